The Hall–Kier alpha value is -1.31. The maximum atomic E-state index is 13.3. The highest BCUT2D eigenvalue weighted by atomic mass is 79.9. The SMILES string of the molecule is O=C(O)C(CNc1ccc(Br)cc1F)C(F)(F)F. The van der Waals surface area contributed by atoms with E-state index < -0.39 is 30.4 Å². The van der Waals surface area contributed by atoms with Gasteiger partial charge in [-0.15, -0.1) is 0 Å². The van der Waals surface area contributed by atoms with Gasteiger partial charge in [-0.25, -0.2) is 4.39 Å². The van der Waals surface area contributed by atoms with Crippen LogP contribution in [0.5, 0.6) is 0 Å². The molecule has 1 unspecified atom stereocenters. The van der Waals surface area contributed by atoms with E-state index in [2.05, 4.69) is 21.2 Å². The Morgan fingerprint density at radius 1 is 1.44 bits per heavy atom. The highest BCUT2D eigenvalue weighted by Crippen LogP contribution is 2.27. The Labute approximate surface area is 108 Å². The molecular formula is C10H8BrF4NO2. The number of rotatable bonds is 4. The lowest BCUT2D eigenvalue weighted by molar-refractivity contribution is -0.190. The number of nitrogens with one attached hydrogen (secondary N) is 1. The molecule has 0 aromatic heterocycles. The third kappa shape index (κ3) is 3.86. The Kier molecular flexibility index (Phi) is 4.55. The average molecular weight is 330 g/mol. The van der Waals surface area contributed by atoms with Crippen LogP contribution in [0.4, 0.5) is 23.2 Å². The van der Waals surface area contributed by atoms with Gasteiger partial charge in [0.25, 0.3) is 0 Å². The quantitative estimate of drug-likeness (QED) is 0.833. The van der Waals surface area contributed by atoms with Gasteiger partial charge in [0.15, 0.2) is 5.92 Å². The number of halogens is 5. The van der Waals surface area contributed by atoms with Crippen LogP contribution < -0.4 is 5.32 Å². The van der Waals surface area contributed by atoms with Crippen molar-refractivity contribution in [2.24, 2.45) is 5.92 Å². The van der Waals surface area contributed by atoms with Crippen LogP contribution in [0.2, 0.25) is 0 Å². The summed E-state index contributed by atoms with van der Waals surface area (Å²) < 4.78 is 50.7. The van der Waals surface area contributed by atoms with Gasteiger partial charge in [-0.3, -0.25) is 4.79 Å². The zero-order valence-corrected chi connectivity index (χ0v) is 10.3. The van der Waals surface area contributed by atoms with E-state index in [9.17, 15) is 22.4 Å². The maximum absolute atomic E-state index is 13.3. The van der Waals surface area contributed by atoms with Crippen LogP contribution >= 0.6 is 15.9 Å². The fraction of sp³-hybridized carbons (Fsp3) is 0.300. The van der Waals surface area contributed by atoms with E-state index in [1.165, 1.54) is 12.1 Å². The van der Waals surface area contributed by atoms with Gasteiger partial charge in [-0.2, -0.15) is 13.2 Å². The monoisotopic (exact) mass is 329 g/mol. The Balaban J connectivity index is 2.77. The molecule has 0 saturated carbocycles. The van der Waals surface area contributed by atoms with Crippen molar-refractivity contribution in [2.75, 3.05) is 11.9 Å². The fourth-order valence-electron chi connectivity index (χ4n) is 1.19. The topological polar surface area (TPSA) is 49.3 Å². The molecule has 1 atom stereocenters. The van der Waals surface area contributed by atoms with E-state index in [-0.39, 0.29) is 5.69 Å². The van der Waals surface area contributed by atoms with E-state index in [4.69, 9.17) is 5.11 Å². The second-order valence-corrected chi connectivity index (χ2v) is 4.35. The van der Waals surface area contributed by atoms with Crippen molar-refractivity contribution in [3.63, 3.8) is 0 Å². The fourth-order valence-corrected chi connectivity index (χ4v) is 1.52. The minimum absolute atomic E-state index is 0.186. The zero-order chi connectivity index (χ0) is 13.9. The van der Waals surface area contributed by atoms with Crippen molar-refractivity contribution < 1.29 is 27.5 Å². The Morgan fingerprint density at radius 2 is 2.06 bits per heavy atom. The molecule has 3 nitrogen and oxygen atoms in total. The molecule has 0 saturated heterocycles. The van der Waals surface area contributed by atoms with Crippen LogP contribution in [0.15, 0.2) is 22.7 Å². The summed E-state index contributed by atoms with van der Waals surface area (Å²) in [6.45, 7) is -0.933. The van der Waals surface area contributed by atoms with Gasteiger partial charge >= 0.3 is 12.1 Å². The number of carbonyl (C=O) groups is 1. The van der Waals surface area contributed by atoms with Crippen molar-refractivity contribution in [3.8, 4) is 0 Å². The summed E-state index contributed by atoms with van der Waals surface area (Å²) in [7, 11) is 0. The summed E-state index contributed by atoms with van der Waals surface area (Å²) in [6, 6.07) is 3.70. The summed E-state index contributed by atoms with van der Waals surface area (Å²) in [5, 5.41) is 10.6. The first-order valence-corrected chi connectivity index (χ1v) is 5.49. The van der Waals surface area contributed by atoms with Gasteiger partial charge in [0.2, 0.25) is 0 Å². The van der Waals surface area contributed by atoms with Crippen LogP contribution in [0.3, 0.4) is 0 Å². The van der Waals surface area contributed by atoms with Crippen molar-refractivity contribution in [3.05, 3.63) is 28.5 Å². The normalized spacial score (nSPS) is 13.2. The minimum atomic E-state index is -4.88. The first kappa shape index (κ1) is 14.7. The van der Waals surface area contributed by atoms with Crippen molar-refractivity contribution in [1.82, 2.24) is 0 Å². The Morgan fingerprint density at radius 3 is 2.50 bits per heavy atom. The lowest BCUT2D eigenvalue weighted by Crippen LogP contribution is -2.36. The number of carboxylic acid groups (broad SMARTS) is 1. The number of hydrogen-bond acceptors (Lipinski definition) is 2. The standard InChI is InChI=1S/C10H8BrF4NO2/c11-5-1-2-8(7(12)3-5)16-4-6(9(17)18)10(13,14)15/h1-3,6,16H,4H2,(H,17,18). The van der Waals surface area contributed by atoms with Gasteiger partial charge in [-0.1, -0.05) is 15.9 Å². The largest absolute Gasteiger partial charge is 0.481 e. The molecule has 8 heteroatoms. The maximum Gasteiger partial charge on any atom is 0.403 e. The summed E-state index contributed by atoms with van der Waals surface area (Å²) in [5.74, 6) is -5.36. The molecule has 0 radical (unpaired) electrons. The molecule has 0 fully saturated rings. The highest BCUT2D eigenvalue weighted by Gasteiger charge is 2.44. The molecule has 0 spiro atoms. The predicted molar refractivity (Wildman–Crippen MR) is 59.8 cm³/mol. The number of carboxylic acids is 1. The van der Waals surface area contributed by atoms with E-state index >= 15 is 0 Å². The van der Waals surface area contributed by atoms with Crippen molar-refractivity contribution >= 4 is 27.6 Å². The van der Waals surface area contributed by atoms with Crippen LogP contribution in [-0.2, 0) is 4.79 Å². The predicted octanol–water partition coefficient (Wildman–Crippen LogP) is 3.26. The van der Waals surface area contributed by atoms with E-state index in [1.807, 2.05) is 0 Å². The molecule has 1 aromatic carbocycles. The number of benzene rings is 1. The van der Waals surface area contributed by atoms with Crippen LogP contribution in [0.1, 0.15) is 0 Å². The molecule has 0 bridgehead atoms. The molecule has 0 heterocycles. The third-order valence-corrected chi connectivity index (χ3v) is 2.61. The molecule has 18 heavy (non-hydrogen) atoms. The molecule has 0 aliphatic heterocycles. The van der Waals surface area contributed by atoms with E-state index in [0.717, 1.165) is 6.07 Å². The van der Waals surface area contributed by atoms with Gasteiger partial charge < -0.3 is 10.4 Å². The first-order chi connectivity index (χ1) is 8.21. The molecule has 1 rings (SSSR count). The van der Waals surface area contributed by atoms with Gasteiger partial charge in [-0.05, 0) is 18.2 Å². The number of aliphatic carboxylic acids is 1. The first-order valence-electron chi connectivity index (χ1n) is 4.70. The molecule has 0 aliphatic carbocycles. The zero-order valence-electron chi connectivity index (χ0n) is 8.76. The second-order valence-electron chi connectivity index (χ2n) is 3.44. The summed E-state index contributed by atoms with van der Waals surface area (Å²) in [5.41, 5.74) is -0.186. The van der Waals surface area contributed by atoms with Gasteiger partial charge in [0, 0.05) is 11.0 Å². The summed E-state index contributed by atoms with van der Waals surface area (Å²) in [4.78, 5) is 10.4. The average Bonchev–Trinajstić information content (AvgIpc) is 2.18. The van der Waals surface area contributed by atoms with Gasteiger partial charge in [0.05, 0.1) is 5.69 Å². The smallest absolute Gasteiger partial charge is 0.403 e. The lowest BCUT2D eigenvalue weighted by Gasteiger charge is -2.17. The third-order valence-electron chi connectivity index (χ3n) is 2.12. The van der Waals surface area contributed by atoms with Gasteiger partial charge in [0.1, 0.15) is 5.82 Å². The van der Waals surface area contributed by atoms with Crippen molar-refractivity contribution in [2.45, 2.75) is 6.18 Å². The van der Waals surface area contributed by atoms with Crippen LogP contribution in [0, 0.1) is 11.7 Å². The van der Waals surface area contributed by atoms with E-state index in [0.29, 0.717) is 4.47 Å². The molecule has 2 N–H and O–H groups in total. The minimum Gasteiger partial charge on any atom is -0.481 e. The second kappa shape index (κ2) is 5.55. The van der Waals surface area contributed by atoms with Crippen molar-refractivity contribution in [1.29, 1.82) is 0 Å². The Bertz CT molecular complexity index is 450. The molecule has 100 valence electrons. The number of anilines is 1. The van der Waals surface area contributed by atoms with E-state index in [1.54, 1.807) is 0 Å². The lowest BCUT2D eigenvalue weighted by atomic mass is 10.1. The summed E-state index contributed by atoms with van der Waals surface area (Å²) in [6.07, 6.45) is -4.88. The van der Waals surface area contributed by atoms with Crippen LogP contribution in [0.25, 0.3) is 0 Å². The summed E-state index contributed by atoms with van der Waals surface area (Å²) >= 11 is 2.99. The number of hydrogen-bond donors (Lipinski definition) is 2. The molecular weight excluding hydrogens is 322 g/mol. The number of alkyl halides is 3. The molecule has 1 aromatic rings. The van der Waals surface area contributed by atoms with Crippen LogP contribution in [-0.4, -0.2) is 23.8 Å². The highest BCUT2D eigenvalue weighted by molar-refractivity contribution is 9.10. The molecule has 0 aliphatic rings. The molecule has 0 amide bonds.